The Morgan fingerprint density at radius 3 is 1.79 bits per heavy atom. The zero-order valence-corrected chi connectivity index (χ0v) is 14.5. The van der Waals surface area contributed by atoms with Gasteiger partial charge in [-0.3, -0.25) is 9.59 Å². The van der Waals surface area contributed by atoms with Crippen LogP contribution in [-0.4, -0.2) is 47.8 Å². The van der Waals surface area contributed by atoms with Crippen LogP contribution >= 0.6 is 0 Å². The second-order valence-electron chi connectivity index (χ2n) is 6.29. The molecule has 2 aromatic rings. The first kappa shape index (κ1) is 19.8. The molecule has 1 aliphatic heterocycles. The number of nitrogens with zero attached hydrogens (tertiary/aromatic N) is 2. The Morgan fingerprint density at radius 1 is 0.750 bits per heavy atom. The van der Waals surface area contributed by atoms with Gasteiger partial charge >= 0.3 is 6.18 Å². The minimum absolute atomic E-state index is 0.0171. The number of hydrogen-bond donors (Lipinski definition) is 0. The molecule has 0 N–H and O–H groups in total. The summed E-state index contributed by atoms with van der Waals surface area (Å²) in [6.45, 7) is 0.486. The van der Waals surface area contributed by atoms with Gasteiger partial charge in [-0.05, 0) is 36.4 Å². The summed E-state index contributed by atoms with van der Waals surface area (Å²) in [5, 5.41) is 0. The zero-order valence-electron chi connectivity index (χ0n) is 14.5. The van der Waals surface area contributed by atoms with Crippen LogP contribution in [0.2, 0.25) is 0 Å². The molecule has 1 aliphatic rings. The first-order valence-electron chi connectivity index (χ1n) is 8.37. The third kappa shape index (κ3) is 4.13. The maximum Gasteiger partial charge on any atom is 0.416 e. The second-order valence-corrected chi connectivity index (χ2v) is 6.29. The van der Waals surface area contributed by atoms with Crippen molar-refractivity contribution in [3.05, 3.63) is 70.8 Å². The average molecular weight is 398 g/mol. The van der Waals surface area contributed by atoms with Crippen LogP contribution in [0.4, 0.5) is 22.0 Å². The van der Waals surface area contributed by atoms with Crippen LogP contribution in [0, 0.1) is 11.6 Å². The van der Waals surface area contributed by atoms with Crippen molar-refractivity contribution in [1.29, 1.82) is 0 Å². The van der Waals surface area contributed by atoms with Crippen molar-refractivity contribution in [2.24, 2.45) is 0 Å². The highest BCUT2D eigenvalue weighted by Crippen LogP contribution is 2.29. The van der Waals surface area contributed by atoms with E-state index in [2.05, 4.69) is 0 Å². The molecule has 1 heterocycles. The molecular formula is C19H15F5N2O2. The minimum Gasteiger partial charge on any atom is -0.335 e. The van der Waals surface area contributed by atoms with Crippen LogP contribution in [0.15, 0.2) is 42.5 Å². The number of carbonyl (C=O) groups is 2. The Bertz CT molecular complexity index is 905. The lowest BCUT2D eigenvalue weighted by Gasteiger charge is -2.35. The highest BCUT2D eigenvalue weighted by atomic mass is 19.4. The third-order valence-corrected chi connectivity index (χ3v) is 4.46. The molecular weight excluding hydrogens is 383 g/mol. The number of carbonyl (C=O) groups excluding carboxylic acids is 2. The van der Waals surface area contributed by atoms with Gasteiger partial charge in [0.15, 0.2) is 11.6 Å². The SMILES string of the molecule is O=C(c1cccc(C(F)(F)F)c1)N1CCN(C(=O)c2ccc(F)c(F)c2)CC1. The Morgan fingerprint density at radius 2 is 1.29 bits per heavy atom. The van der Waals surface area contributed by atoms with E-state index in [1.165, 1.54) is 28.0 Å². The number of benzene rings is 2. The summed E-state index contributed by atoms with van der Waals surface area (Å²) >= 11 is 0. The number of halogens is 5. The van der Waals surface area contributed by atoms with Crippen molar-refractivity contribution in [3.63, 3.8) is 0 Å². The lowest BCUT2D eigenvalue weighted by atomic mass is 10.1. The number of amides is 2. The number of piperazine rings is 1. The Balaban J connectivity index is 1.66. The van der Waals surface area contributed by atoms with Gasteiger partial charge < -0.3 is 9.80 Å². The molecule has 2 aromatic carbocycles. The molecule has 0 radical (unpaired) electrons. The molecule has 0 spiro atoms. The van der Waals surface area contributed by atoms with E-state index in [1.807, 2.05) is 0 Å². The van der Waals surface area contributed by atoms with Crippen LogP contribution < -0.4 is 0 Å². The largest absolute Gasteiger partial charge is 0.416 e. The summed E-state index contributed by atoms with van der Waals surface area (Å²) in [6.07, 6.45) is -4.55. The fourth-order valence-corrected chi connectivity index (χ4v) is 2.94. The Labute approximate surface area is 157 Å². The quantitative estimate of drug-likeness (QED) is 0.726. The van der Waals surface area contributed by atoms with Crippen LogP contribution in [0.1, 0.15) is 26.3 Å². The monoisotopic (exact) mass is 398 g/mol. The molecule has 28 heavy (non-hydrogen) atoms. The minimum atomic E-state index is -4.55. The molecule has 0 aromatic heterocycles. The molecule has 148 valence electrons. The first-order chi connectivity index (χ1) is 13.2. The summed E-state index contributed by atoms with van der Waals surface area (Å²) < 4.78 is 64.7. The van der Waals surface area contributed by atoms with E-state index in [4.69, 9.17) is 0 Å². The van der Waals surface area contributed by atoms with Crippen LogP contribution in [0.3, 0.4) is 0 Å². The van der Waals surface area contributed by atoms with E-state index in [1.54, 1.807) is 0 Å². The van der Waals surface area contributed by atoms with Gasteiger partial charge in [-0.2, -0.15) is 13.2 Å². The van der Waals surface area contributed by atoms with Crippen molar-refractivity contribution < 1.29 is 31.5 Å². The molecule has 9 heteroatoms. The maximum atomic E-state index is 13.3. The van der Waals surface area contributed by atoms with Gasteiger partial charge in [0.05, 0.1) is 5.56 Å². The van der Waals surface area contributed by atoms with Crippen molar-refractivity contribution in [2.75, 3.05) is 26.2 Å². The predicted octanol–water partition coefficient (Wildman–Crippen LogP) is 3.58. The second kappa shape index (κ2) is 7.57. The fraction of sp³-hybridized carbons (Fsp3) is 0.263. The molecule has 1 fully saturated rings. The van der Waals surface area contributed by atoms with E-state index in [9.17, 15) is 31.5 Å². The van der Waals surface area contributed by atoms with Gasteiger partial charge in [-0.15, -0.1) is 0 Å². The van der Waals surface area contributed by atoms with Gasteiger partial charge in [-0.25, -0.2) is 8.78 Å². The van der Waals surface area contributed by atoms with Gasteiger partial charge in [0.1, 0.15) is 0 Å². The molecule has 0 saturated carbocycles. The van der Waals surface area contributed by atoms with E-state index in [-0.39, 0.29) is 37.3 Å². The molecule has 4 nitrogen and oxygen atoms in total. The van der Waals surface area contributed by atoms with E-state index in [0.717, 1.165) is 24.3 Å². The first-order valence-corrected chi connectivity index (χ1v) is 8.37. The van der Waals surface area contributed by atoms with Crippen molar-refractivity contribution in [1.82, 2.24) is 9.80 Å². The standard InChI is InChI=1S/C19H15F5N2O2/c20-15-5-4-13(11-16(15)21)18(28)26-8-6-25(7-9-26)17(27)12-2-1-3-14(10-12)19(22,23)24/h1-5,10-11H,6-9H2. The van der Waals surface area contributed by atoms with Crippen LogP contribution in [0.25, 0.3) is 0 Å². The summed E-state index contributed by atoms with van der Waals surface area (Å²) in [4.78, 5) is 27.6. The smallest absolute Gasteiger partial charge is 0.335 e. The van der Waals surface area contributed by atoms with Crippen molar-refractivity contribution >= 4 is 11.8 Å². The normalized spacial score (nSPS) is 14.9. The molecule has 1 saturated heterocycles. The summed E-state index contributed by atoms with van der Waals surface area (Å²) in [5.41, 5.74) is -1.02. The molecule has 0 bridgehead atoms. The summed E-state index contributed by atoms with van der Waals surface area (Å²) in [6, 6.07) is 6.97. The molecule has 0 aliphatic carbocycles. The summed E-state index contributed by atoms with van der Waals surface area (Å²) in [5.74, 6) is -3.27. The third-order valence-electron chi connectivity index (χ3n) is 4.46. The highest BCUT2D eigenvalue weighted by Gasteiger charge is 2.32. The average Bonchev–Trinajstić information content (AvgIpc) is 2.68. The van der Waals surface area contributed by atoms with Gasteiger partial charge in [0.2, 0.25) is 0 Å². The number of alkyl halides is 3. The van der Waals surface area contributed by atoms with Gasteiger partial charge in [0.25, 0.3) is 11.8 Å². The Hall–Kier alpha value is -2.97. The maximum absolute atomic E-state index is 13.3. The fourth-order valence-electron chi connectivity index (χ4n) is 2.94. The van der Waals surface area contributed by atoms with Crippen LogP contribution in [0.5, 0.6) is 0 Å². The molecule has 0 unspecified atom stereocenters. The zero-order chi connectivity index (χ0) is 20.5. The van der Waals surface area contributed by atoms with Gasteiger partial charge in [0, 0.05) is 37.3 Å². The van der Waals surface area contributed by atoms with Crippen LogP contribution in [-0.2, 0) is 6.18 Å². The molecule has 3 rings (SSSR count). The lowest BCUT2D eigenvalue weighted by Crippen LogP contribution is -2.50. The topological polar surface area (TPSA) is 40.6 Å². The highest BCUT2D eigenvalue weighted by molar-refractivity contribution is 5.96. The number of rotatable bonds is 2. The van der Waals surface area contributed by atoms with Crippen molar-refractivity contribution in [3.8, 4) is 0 Å². The van der Waals surface area contributed by atoms with E-state index < -0.39 is 35.2 Å². The Kier molecular flexibility index (Phi) is 5.35. The van der Waals surface area contributed by atoms with E-state index >= 15 is 0 Å². The molecule has 2 amide bonds. The van der Waals surface area contributed by atoms with Gasteiger partial charge in [-0.1, -0.05) is 6.07 Å². The molecule has 0 atom stereocenters. The lowest BCUT2D eigenvalue weighted by molar-refractivity contribution is -0.137. The van der Waals surface area contributed by atoms with E-state index in [0.29, 0.717) is 0 Å². The number of hydrogen-bond acceptors (Lipinski definition) is 2. The summed E-state index contributed by atoms with van der Waals surface area (Å²) in [7, 11) is 0. The van der Waals surface area contributed by atoms with Crippen molar-refractivity contribution in [2.45, 2.75) is 6.18 Å². The predicted molar refractivity (Wildman–Crippen MR) is 89.6 cm³/mol.